The van der Waals surface area contributed by atoms with Crippen LogP contribution in [-0.4, -0.2) is 20.7 Å². The topological polar surface area (TPSA) is 107 Å². The van der Waals surface area contributed by atoms with Crippen LogP contribution in [0.2, 0.25) is 0 Å². The molecule has 1 heterocycles. The van der Waals surface area contributed by atoms with Crippen LogP contribution in [-0.2, 0) is 16.6 Å². The highest BCUT2D eigenvalue weighted by Crippen LogP contribution is 2.25. The number of ether oxygens (including phenoxy) is 1. The van der Waals surface area contributed by atoms with Crippen molar-refractivity contribution in [3.05, 3.63) is 35.7 Å². The van der Waals surface area contributed by atoms with Crippen molar-refractivity contribution >= 4 is 15.7 Å². The fourth-order valence-corrected chi connectivity index (χ4v) is 2.85. The molecule has 8 heteroatoms. The first-order valence-electron chi connectivity index (χ1n) is 5.78. The van der Waals surface area contributed by atoms with Crippen molar-refractivity contribution in [1.82, 2.24) is 9.88 Å². The Morgan fingerprint density at radius 2 is 2.15 bits per heavy atom. The maximum atomic E-state index is 12.2. The number of hydrogen-bond acceptors (Lipinski definition) is 6. The smallest absolute Gasteiger partial charge is 0.244 e. The summed E-state index contributed by atoms with van der Waals surface area (Å²) >= 11 is 0. The Labute approximate surface area is 116 Å². The van der Waals surface area contributed by atoms with Crippen LogP contribution in [0, 0.1) is 6.92 Å². The van der Waals surface area contributed by atoms with E-state index >= 15 is 0 Å². The second kappa shape index (κ2) is 5.51. The van der Waals surface area contributed by atoms with E-state index in [9.17, 15) is 8.42 Å². The molecule has 0 aliphatic rings. The zero-order chi connectivity index (χ0) is 14.8. The first-order chi connectivity index (χ1) is 9.42. The van der Waals surface area contributed by atoms with Crippen LogP contribution in [0.1, 0.15) is 11.5 Å². The number of anilines is 1. The third-order valence-corrected chi connectivity index (χ3v) is 4.02. The molecule has 1 aromatic carbocycles. The van der Waals surface area contributed by atoms with Crippen molar-refractivity contribution in [2.24, 2.45) is 0 Å². The summed E-state index contributed by atoms with van der Waals surface area (Å²) in [6, 6.07) is 6.07. The second-order valence-corrected chi connectivity index (χ2v) is 5.90. The predicted molar refractivity (Wildman–Crippen MR) is 72.7 cm³/mol. The minimum atomic E-state index is -3.75. The van der Waals surface area contributed by atoms with Crippen LogP contribution in [0.25, 0.3) is 0 Å². The Kier molecular flexibility index (Phi) is 3.96. The van der Waals surface area contributed by atoms with E-state index in [0.717, 1.165) is 0 Å². The summed E-state index contributed by atoms with van der Waals surface area (Å²) in [5.74, 6) is 0.837. The molecular formula is C12H15N3O4S. The van der Waals surface area contributed by atoms with Crippen molar-refractivity contribution in [3.8, 4) is 5.75 Å². The molecule has 108 valence electrons. The Bertz CT molecular complexity index is 709. The van der Waals surface area contributed by atoms with Crippen LogP contribution in [0.3, 0.4) is 0 Å². The molecule has 20 heavy (non-hydrogen) atoms. The quantitative estimate of drug-likeness (QED) is 0.799. The minimum Gasteiger partial charge on any atom is -0.495 e. The molecule has 1 aromatic heterocycles. The van der Waals surface area contributed by atoms with Crippen LogP contribution in [0.4, 0.5) is 5.69 Å². The van der Waals surface area contributed by atoms with E-state index in [0.29, 0.717) is 17.1 Å². The lowest BCUT2D eigenvalue weighted by Crippen LogP contribution is -2.24. The molecule has 2 rings (SSSR count). The van der Waals surface area contributed by atoms with Gasteiger partial charge >= 0.3 is 0 Å². The molecule has 0 spiro atoms. The molecule has 0 fully saturated rings. The Hall–Kier alpha value is -2.06. The van der Waals surface area contributed by atoms with E-state index in [4.69, 9.17) is 15.0 Å². The number of hydrogen-bond donors (Lipinski definition) is 2. The summed E-state index contributed by atoms with van der Waals surface area (Å²) < 4.78 is 36.8. The molecule has 0 atom stereocenters. The highest BCUT2D eigenvalue weighted by molar-refractivity contribution is 7.89. The zero-order valence-corrected chi connectivity index (χ0v) is 11.9. The van der Waals surface area contributed by atoms with Gasteiger partial charge in [-0.05, 0) is 25.1 Å². The first-order valence-corrected chi connectivity index (χ1v) is 7.26. The Morgan fingerprint density at radius 1 is 1.40 bits per heavy atom. The van der Waals surface area contributed by atoms with E-state index in [1.54, 1.807) is 19.1 Å². The normalized spacial score (nSPS) is 11.5. The van der Waals surface area contributed by atoms with Gasteiger partial charge in [0.05, 0.1) is 19.3 Å². The van der Waals surface area contributed by atoms with Gasteiger partial charge in [-0.15, -0.1) is 0 Å². The van der Waals surface area contributed by atoms with Gasteiger partial charge in [0.1, 0.15) is 16.4 Å². The monoisotopic (exact) mass is 297 g/mol. The summed E-state index contributed by atoms with van der Waals surface area (Å²) in [6.07, 6.45) is 0. The van der Waals surface area contributed by atoms with Gasteiger partial charge in [-0.25, -0.2) is 13.1 Å². The maximum Gasteiger partial charge on any atom is 0.244 e. The lowest BCUT2D eigenvalue weighted by atomic mass is 10.3. The lowest BCUT2D eigenvalue weighted by molar-refractivity contribution is 0.389. The van der Waals surface area contributed by atoms with Gasteiger partial charge < -0.3 is 15.0 Å². The number of sulfonamides is 1. The van der Waals surface area contributed by atoms with E-state index in [1.165, 1.54) is 19.2 Å². The van der Waals surface area contributed by atoms with Gasteiger partial charge in [0.15, 0.2) is 0 Å². The number of aromatic nitrogens is 1. The number of rotatable bonds is 5. The fraction of sp³-hybridized carbons (Fsp3) is 0.250. The number of aryl methyl sites for hydroxylation is 1. The average molecular weight is 297 g/mol. The molecule has 0 saturated carbocycles. The van der Waals surface area contributed by atoms with Crippen molar-refractivity contribution < 1.29 is 17.7 Å². The van der Waals surface area contributed by atoms with Gasteiger partial charge in [0, 0.05) is 11.8 Å². The lowest BCUT2D eigenvalue weighted by Gasteiger charge is -2.10. The van der Waals surface area contributed by atoms with E-state index < -0.39 is 10.0 Å². The van der Waals surface area contributed by atoms with Crippen LogP contribution >= 0.6 is 0 Å². The van der Waals surface area contributed by atoms with Gasteiger partial charge in [-0.2, -0.15) is 0 Å². The minimum absolute atomic E-state index is 0.0137. The van der Waals surface area contributed by atoms with Crippen LogP contribution in [0.5, 0.6) is 5.75 Å². The zero-order valence-electron chi connectivity index (χ0n) is 11.1. The van der Waals surface area contributed by atoms with Crippen molar-refractivity contribution in [1.29, 1.82) is 0 Å². The fourth-order valence-electron chi connectivity index (χ4n) is 1.65. The molecule has 7 nitrogen and oxygen atoms in total. The van der Waals surface area contributed by atoms with E-state index in [-0.39, 0.29) is 17.2 Å². The summed E-state index contributed by atoms with van der Waals surface area (Å²) in [7, 11) is -2.36. The number of nitrogens with two attached hydrogens (primary N) is 1. The molecule has 0 unspecified atom stereocenters. The van der Waals surface area contributed by atoms with Gasteiger partial charge in [-0.1, -0.05) is 5.16 Å². The molecule has 2 aromatic rings. The van der Waals surface area contributed by atoms with Gasteiger partial charge in [0.25, 0.3) is 0 Å². The predicted octanol–water partition coefficient (Wildman–Crippen LogP) is 1.05. The Morgan fingerprint density at radius 3 is 2.75 bits per heavy atom. The van der Waals surface area contributed by atoms with Crippen molar-refractivity contribution in [3.63, 3.8) is 0 Å². The summed E-state index contributed by atoms with van der Waals surface area (Å²) in [5.41, 5.74) is 6.45. The molecule has 0 amide bonds. The summed E-state index contributed by atoms with van der Waals surface area (Å²) in [5, 5.41) is 3.71. The van der Waals surface area contributed by atoms with Crippen LogP contribution in [0.15, 0.2) is 33.7 Å². The standard InChI is InChI=1S/C12H15N3O4S/c1-8-5-10(15-19-8)7-14-20(16,17)12-6-9(13)3-4-11(12)18-2/h3-6,14H,7,13H2,1-2H3. The highest BCUT2D eigenvalue weighted by Gasteiger charge is 2.20. The number of nitrogens with zero attached hydrogens (tertiary/aromatic N) is 1. The maximum absolute atomic E-state index is 12.2. The van der Waals surface area contributed by atoms with Gasteiger partial charge in [0.2, 0.25) is 10.0 Å². The third kappa shape index (κ3) is 3.09. The Balaban J connectivity index is 2.24. The number of benzene rings is 1. The highest BCUT2D eigenvalue weighted by atomic mass is 32.2. The summed E-state index contributed by atoms with van der Waals surface area (Å²) in [6.45, 7) is 1.75. The second-order valence-electron chi connectivity index (χ2n) is 4.16. The summed E-state index contributed by atoms with van der Waals surface area (Å²) in [4.78, 5) is -0.0137. The third-order valence-electron chi connectivity index (χ3n) is 2.60. The molecule has 3 N–H and O–H groups in total. The first kappa shape index (κ1) is 14.4. The largest absolute Gasteiger partial charge is 0.495 e. The van der Waals surface area contributed by atoms with Crippen molar-refractivity contribution in [2.45, 2.75) is 18.4 Å². The average Bonchev–Trinajstić information content (AvgIpc) is 2.82. The van der Waals surface area contributed by atoms with Gasteiger partial charge in [-0.3, -0.25) is 0 Å². The molecule has 0 bridgehead atoms. The number of nitrogens with one attached hydrogen (secondary N) is 1. The molecule has 0 aliphatic heterocycles. The molecule has 0 radical (unpaired) electrons. The van der Waals surface area contributed by atoms with Crippen molar-refractivity contribution in [2.75, 3.05) is 12.8 Å². The van der Waals surface area contributed by atoms with Crippen LogP contribution < -0.4 is 15.2 Å². The number of nitrogen functional groups attached to an aromatic ring is 1. The molecule has 0 aliphatic carbocycles. The molecule has 0 saturated heterocycles. The number of methoxy groups -OCH3 is 1. The van der Waals surface area contributed by atoms with E-state index in [1.807, 2.05) is 0 Å². The SMILES string of the molecule is COc1ccc(N)cc1S(=O)(=O)NCc1cc(C)on1. The van der Waals surface area contributed by atoms with E-state index in [2.05, 4.69) is 9.88 Å². The molecular weight excluding hydrogens is 282 g/mol.